The molecule has 6 heteroatoms. The molecule has 0 amide bonds. The standard InChI is InChI=1S/C24H20O6/c1-24(2)7-6-15-18(30-24)5-4-14-17(11-26)22-16-8-13(10-25)19(27-3)9-20(16)28-12-21(22)29-23(14)15/h4-11,21H,12H2,1-3H3. The summed E-state index contributed by atoms with van der Waals surface area (Å²) in [5.74, 6) is 2.29. The summed E-state index contributed by atoms with van der Waals surface area (Å²) >= 11 is 0. The van der Waals surface area contributed by atoms with Crippen molar-refractivity contribution in [3.8, 4) is 23.0 Å². The van der Waals surface area contributed by atoms with Gasteiger partial charge in [-0.1, -0.05) is 0 Å². The molecule has 152 valence electrons. The minimum Gasteiger partial charge on any atom is -0.496 e. The van der Waals surface area contributed by atoms with Crippen molar-refractivity contribution in [1.29, 1.82) is 0 Å². The molecule has 3 aliphatic heterocycles. The number of carbonyl (C=O) groups excluding carboxylic acids is 2. The Morgan fingerprint density at radius 3 is 2.67 bits per heavy atom. The van der Waals surface area contributed by atoms with Gasteiger partial charge in [-0.2, -0.15) is 0 Å². The van der Waals surface area contributed by atoms with Gasteiger partial charge in [0.1, 0.15) is 35.2 Å². The Kier molecular flexibility index (Phi) is 4.00. The summed E-state index contributed by atoms with van der Waals surface area (Å²) in [6.45, 7) is 4.20. The van der Waals surface area contributed by atoms with Crippen LogP contribution >= 0.6 is 0 Å². The highest BCUT2D eigenvalue weighted by atomic mass is 16.5. The van der Waals surface area contributed by atoms with Crippen LogP contribution in [-0.2, 0) is 4.79 Å². The van der Waals surface area contributed by atoms with Gasteiger partial charge in [-0.25, -0.2) is 0 Å². The van der Waals surface area contributed by atoms with E-state index in [0.29, 0.717) is 50.8 Å². The van der Waals surface area contributed by atoms with Gasteiger partial charge in [0.15, 0.2) is 18.7 Å². The maximum absolute atomic E-state index is 12.2. The number of fused-ring (bicyclic) bond motifs is 6. The Bertz CT molecular complexity index is 1150. The number of ether oxygens (including phenoxy) is 4. The Morgan fingerprint density at radius 2 is 1.93 bits per heavy atom. The lowest BCUT2D eigenvalue weighted by Crippen LogP contribution is -2.35. The Hall–Kier alpha value is -3.54. The molecule has 3 aliphatic rings. The fourth-order valence-electron chi connectivity index (χ4n) is 4.19. The lowest BCUT2D eigenvalue weighted by Gasteiger charge is -2.36. The van der Waals surface area contributed by atoms with E-state index in [4.69, 9.17) is 18.9 Å². The molecule has 2 aromatic rings. The van der Waals surface area contributed by atoms with Crippen LogP contribution in [0.3, 0.4) is 0 Å². The number of rotatable bonds is 3. The van der Waals surface area contributed by atoms with Crippen molar-refractivity contribution >= 4 is 29.8 Å². The molecular weight excluding hydrogens is 384 g/mol. The zero-order chi connectivity index (χ0) is 21.0. The predicted octanol–water partition coefficient (Wildman–Crippen LogP) is 3.96. The summed E-state index contributed by atoms with van der Waals surface area (Å²) in [5, 5.41) is 0. The summed E-state index contributed by atoms with van der Waals surface area (Å²) < 4.78 is 23.6. The van der Waals surface area contributed by atoms with E-state index in [1.165, 1.54) is 7.11 Å². The molecule has 3 heterocycles. The highest BCUT2D eigenvalue weighted by Crippen LogP contribution is 2.50. The number of hydrogen-bond acceptors (Lipinski definition) is 6. The van der Waals surface area contributed by atoms with Crippen molar-refractivity contribution in [2.45, 2.75) is 25.6 Å². The average Bonchev–Trinajstić information content (AvgIpc) is 2.75. The summed E-state index contributed by atoms with van der Waals surface area (Å²) in [6.07, 6.45) is 5.02. The van der Waals surface area contributed by atoms with E-state index in [2.05, 4.69) is 0 Å². The summed E-state index contributed by atoms with van der Waals surface area (Å²) in [7, 11) is 1.50. The molecule has 6 nitrogen and oxygen atoms in total. The van der Waals surface area contributed by atoms with E-state index in [9.17, 15) is 9.59 Å². The Balaban J connectivity index is 1.74. The summed E-state index contributed by atoms with van der Waals surface area (Å²) in [5.41, 5.74) is 3.36. The molecular formula is C24H20O6. The Labute approximate surface area is 173 Å². The van der Waals surface area contributed by atoms with Crippen molar-refractivity contribution in [3.63, 3.8) is 0 Å². The smallest absolute Gasteiger partial charge is 0.159 e. The molecule has 30 heavy (non-hydrogen) atoms. The van der Waals surface area contributed by atoms with Gasteiger partial charge < -0.3 is 18.9 Å². The van der Waals surface area contributed by atoms with Crippen LogP contribution in [0.15, 0.2) is 30.3 Å². The SMILES string of the molecule is COc1cc2c(cc1C=O)C1=C(C=O)c3ccc4c(c3OC1CO2)C=CC(C)(C)O4. The highest BCUT2D eigenvalue weighted by Gasteiger charge is 2.38. The van der Waals surface area contributed by atoms with Crippen molar-refractivity contribution in [2.24, 2.45) is 0 Å². The maximum Gasteiger partial charge on any atom is 0.159 e. The zero-order valence-electron chi connectivity index (χ0n) is 16.9. The number of aldehydes is 2. The van der Waals surface area contributed by atoms with Crippen LogP contribution in [0, 0.1) is 0 Å². The van der Waals surface area contributed by atoms with Gasteiger partial charge in [-0.05, 0) is 44.2 Å². The molecule has 1 unspecified atom stereocenters. The summed E-state index contributed by atoms with van der Waals surface area (Å²) in [6, 6.07) is 7.06. The molecule has 0 radical (unpaired) electrons. The topological polar surface area (TPSA) is 71.1 Å². The van der Waals surface area contributed by atoms with Gasteiger partial charge in [0.25, 0.3) is 0 Å². The number of carbonyl (C=O) groups is 2. The lowest BCUT2D eigenvalue weighted by atomic mass is 9.85. The lowest BCUT2D eigenvalue weighted by molar-refractivity contribution is -0.103. The number of methoxy groups -OCH3 is 1. The Morgan fingerprint density at radius 1 is 1.10 bits per heavy atom. The van der Waals surface area contributed by atoms with Crippen molar-refractivity contribution < 1.29 is 28.5 Å². The second-order valence-electron chi connectivity index (χ2n) is 7.96. The van der Waals surface area contributed by atoms with Crippen LogP contribution in [0.1, 0.15) is 40.9 Å². The van der Waals surface area contributed by atoms with E-state index in [-0.39, 0.29) is 6.61 Å². The first-order valence-electron chi connectivity index (χ1n) is 9.67. The fourth-order valence-corrected chi connectivity index (χ4v) is 4.19. The molecule has 0 saturated carbocycles. The molecule has 0 N–H and O–H groups in total. The number of hydrogen-bond donors (Lipinski definition) is 0. The molecule has 5 rings (SSSR count). The minimum atomic E-state index is -0.479. The van der Waals surface area contributed by atoms with E-state index in [0.717, 1.165) is 18.1 Å². The monoisotopic (exact) mass is 404 g/mol. The summed E-state index contributed by atoms with van der Waals surface area (Å²) in [4.78, 5) is 23.8. The van der Waals surface area contributed by atoms with Gasteiger partial charge in [-0.15, -0.1) is 0 Å². The van der Waals surface area contributed by atoms with E-state index >= 15 is 0 Å². The zero-order valence-corrected chi connectivity index (χ0v) is 16.9. The molecule has 1 atom stereocenters. The van der Waals surface area contributed by atoms with E-state index in [1.807, 2.05) is 38.1 Å². The quantitative estimate of drug-likeness (QED) is 0.722. The van der Waals surface area contributed by atoms with Gasteiger partial charge in [-0.3, -0.25) is 9.59 Å². The van der Waals surface area contributed by atoms with Crippen molar-refractivity contribution in [3.05, 3.63) is 52.6 Å². The maximum atomic E-state index is 12.2. The molecule has 0 spiro atoms. The molecule has 0 saturated heterocycles. The third-order valence-electron chi connectivity index (χ3n) is 5.60. The van der Waals surface area contributed by atoms with Gasteiger partial charge in [0.2, 0.25) is 0 Å². The third kappa shape index (κ3) is 2.64. The van der Waals surface area contributed by atoms with Gasteiger partial charge in [0, 0.05) is 28.3 Å². The van der Waals surface area contributed by atoms with Crippen LogP contribution in [0.25, 0.3) is 17.2 Å². The number of allylic oxidation sites excluding steroid dienone is 1. The molecule has 0 aromatic heterocycles. The van der Waals surface area contributed by atoms with Crippen LogP contribution in [0.4, 0.5) is 0 Å². The van der Waals surface area contributed by atoms with E-state index < -0.39 is 11.7 Å². The molecule has 0 bridgehead atoms. The predicted molar refractivity (Wildman–Crippen MR) is 111 cm³/mol. The average molecular weight is 404 g/mol. The van der Waals surface area contributed by atoms with E-state index in [1.54, 1.807) is 12.1 Å². The van der Waals surface area contributed by atoms with Crippen molar-refractivity contribution in [1.82, 2.24) is 0 Å². The first-order valence-corrected chi connectivity index (χ1v) is 9.67. The van der Waals surface area contributed by atoms with Crippen molar-refractivity contribution in [2.75, 3.05) is 13.7 Å². The van der Waals surface area contributed by atoms with Gasteiger partial charge in [0.05, 0.1) is 18.2 Å². The molecule has 0 fully saturated rings. The van der Waals surface area contributed by atoms with Crippen LogP contribution in [-0.4, -0.2) is 38.0 Å². The largest absolute Gasteiger partial charge is 0.496 e. The highest BCUT2D eigenvalue weighted by molar-refractivity contribution is 6.20. The fraction of sp³-hybridized carbons (Fsp3) is 0.250. The van der Waals surface area contributed by atoms with Crippen LogP contribution < -0.4 is 18.9 Å². The second kappa shape index (κ2) is 6.49. The van der Waals surface area contributed by atoms with Gasteiger partial charge >= 0.3 is 0 Å². The van der Waals surface area contributed by atoms with Crippen LogP contribution in [0.2, 0.25) is 0 Å². The molecule has 2 aromatic carbocycles. The number of benzene rings is 2. The molecule has 0 aliphatic carbocycles. The minimum absolute atomic E-state index is 0.239. The second-order valence-corrected chi connectivity index (χ2v) is 7.96. The van der Waals surface area contributed by atoms with Crippen LogP contribution in [0.5, 0.6) is 23.0 Å². The third-order valence-corrected chi connectivity index (χ3v) is 5.60. The first kappa shape index (κ1) is 18.5. The first-order chi connectivity index (χ1) is 14.5. The normalized spacial score (nSPS) is 19.8.